The van der Waals surface area contributed by atoms with Crippen LogP contribution in [-0.2, 0) is 19.7 Å². The Balaban J connectivity index is 1.61. The fourth-order valence-corrected chi connectivity index (χ4v) is 2.82. The number of nitrogens with one attached hydrogen (secondary N) is 1. The summed E-state index contributed by atoms with van der Waals surface area (Å²) in [5.74, 6) is -1.13. The van der Waals surface area contributed by atoms with E-state index in [1.54, 1.807) is 30.3 Å². The number of benzene rings is 2. The van der Waals surface area contributed by atoms with E-state index in [4.69, 9.17) is 16.3 Å². The second-order valence-corrected chi connectivity index (χ2v) is 6.42. The summed E-state index contributed by atoms with van der Waals surface area (Å²) in [5, 5.41) is 13.9. The minimum atomic E-state index is -0.733. The van der Waals surface area contributed by atoms with Crippen molar-refractivity contribution in [3.63, 3.8) is 0 Å². The van der Waals surface area contributed by atoms with Crippen LogP contribution in [0.5, 0.6) is 0 Å². The molecule has 2 aromatic carbocycles. The molecule has 0 saturated heterocycles. The smallest absolute Gasteiger partial charge is 0.317 e. The van der Waals surface area contributed by atoms with E-state index in [0.717, 1.165) is 5.56 Å². The number of esters is 1. The molecule has 3 rings (SSSR count). The van der Waals surface area contributed by atoms with Crippen molar-refractivity contribution in [2.24, 2.45) is 0 Å². The van der Waals surface area contributed by atoms with Crippen LogP contribution in [0.4, 0.5) is 11.4 Å². The number of para-hydroxylation sites is 2. The number of anilines is 1. The van der Waals surface area contributed by atoms with E-state index in [-0.39, 0.29) is 11.4 Å². The highest BCUT2D eigenvalue weighted by molar-refractivity contribution is 6.30. The van der Waals surface area contributed by atoms with Crippen molar-refractivity contribution in [2.75, 3.05) is 11.9 Å². The van der Waals surface area contributed by atoms with Gasteiger partial charge in [0, 0.05) is 11.1 Å². The summed E-state index contributed by atoms with van der Waals surface area (Å²) in [4.78, 5) is 34.7. The van der Waals surface area contributed by atoms with Gasteiger partial charge in [-0.3, -0.25) is 19.7 Å². The first-order valence-corrected chi connectivity index (χ1v) is 8.27. The first-order chi connectivity index (χ1) is 12.4. The van der Waals surface area contributed by atoms with Gasteiger partial charge in [-0.05, 0) is 36.6 Å². The SMILES string of the molecule is O=C(COC(=O)C1(c2ccc(Cl)cc2)CC1)Nc1ccccc1[N+](=O)[O-]. The number of carbonyl (C=O) groups is 2. The molecule has 1 saturated carbocycles. The number of amides is 1. The first kappa shape index (κ1) is 17.9. The molecule has 8 heteroatoms. The van der Waals surface area contributed by atoms with Gasteiger partial charge in [0.25, 0.3) is 11.6 Å². The monoisotopic (exact) mass is 374 g/mol. The molecule has 0 bridgehead atoms. The Morgan fingerprint density at radius 3 is 2.42 bits per heavy atom. The van der Waals surface area contributed by atoms with Crippen LogP contribution in [-0.4, -0.2) is 23.4 Å². The van der Waals surface area contributed by atoms with Crippen LogP contribution in [0.25, 0.3) is 0 Å². The molecule has 7 nitrogen and oxygen atoms in total. The van der Waals surface area contributed by atoms with Crippen LogP contribution < -0.4 is 5.32 Å². The summed E-state index contributed by atoms with van der Waals surface area (Å²) in [6.07, 6.45) is 1.28. The molecule has 0 radical (unpaired) electrons. The maximum absolute atomic E-state index is 12.4. The van der Waals surface area contributed by atoms with E-state index in [9.17, 15) is 19.7 Å². The van der Waals surface area contributed by atoms with Crippen molar-refractivity contribution in [3.05, 3.63) is 69.2 Å². The summed E-state index contributed by atoms with van der Waals surface area (Å²) in [7, 11) is 0. The van der Waals surface area contributed by atoms with Crippen LogP contribution in [0.1, 0.15) is 18.4 Å². The Bertz CT molecular complexity index is 862. The maximum Gasteiger partial charge on any atom is 0.317 e. The third kappa shape index (κ3) is 3.67. The molecule has 1 amide bonds. The maximum atomic E-state index is 12.4. The topological polar surface area (TPSA) is 98.5 Å². The number of carbonyl (C=O) groups excluding carboxylic acids is 2. The van der Waals surface area contributed by atoms with Gasteiger partial charge in [-0.2, -0.15) is 0 Å². The molecule has 2 aromatic rings. The second kappa shape index (κ2) is 7.13. The van der Waals surface area contributed by atoms with Crippen molar-refractivity contribution in [3.8, 4) is 0 Å². The van der Waals surface area contributed by atoms with Crippen molar-refractivity contribution in [1.82, 2.24) is 0 Å². The fraction of sp³-hybridized carbons (Fsp3) is 0.222. The normalized spacial score (nSPS) is 14.3. The van der Waals surface area contributed by atoms with Crippen molar-refractivity contribution in [1.29, 1.82) is 0 Å². The van der Waals surface area contributed by atoms with E-state index in [0.29, 0.717) is 17.9 Å². The van der Waals surface area contributed by atoms with Crippen LogP contribution in [0.2, 0.25) is 5.02 Å². The third-order valence-corrected chi connectivity index (χ3v) is 4.50. The highest BCUT2D eigenvalue weighted by Gasteiger charge is 2.52. The lowest BCUT2D eigenvalue weighted by atomic mass is 9.96. The van der Waals surface area contributed by atoms with Gasteiger partial charge in [0.15, 0.2) is 6.61 Å². The van der Waals surface area contributed by atoms with Gasteiger partial charge in [-0.25, -0.2) is 0 Å². The molecule has 134 valence electrons. The van der Waals surface area contributed by atoms with Gasteiger partial charge in [0.1, 0.15) is 5.69 Å². The standard InChI is InChI=1S/C18H15ClN2O5/c19-13-7-5-12(6-8-13)18(9-10-18)17(23)26-11-16(22)20-14-3-1-2-4-15(14)21(24)25/h1-8H,9-11H2,(H,20,22). The molecule has 0 heterocycles. The van der Waals surface area contributed by atoms with Crippen LogP contribution in [0, 0.1) is 10.1 Å². The van der Waals surface area contributed by atoms with E-state index in [1.165, 1.54) is 18.2 Å². The molecule has 0 unspecified atom stereocenters. The number of ether oxygens (including phenoxy) is 1. The van der Waals surface area contributed by atoms with Gasteiger partial charge >= 0.3 is 5.97 Å². The third-order valence-electron chi connectivity index (χ3n) is 4.25. The summed E-state index contributed by atoms with van der Waals surface area (Å²) >= 11 is 5.86. The lowest BCUT2D eigenvalue weighted by Crippen LogP contribution is -2.28. The van der Waals surface area contributed by atoms with Crippen molar-refractivity contribution in [2.45, 2.75) is 18.3 Å². The van der Waals surface area contributed by atoms with Gasteiger partial charge < -0.3 is 10.1 Å². The molecule has 1 aliphatic carbocycles. The molecule has 1 N–H and O–H groups in total. The predicted octanol–water partition coefficient (Wildman–Crippen LogP) is 3.46. The van der Waals surface area contributed by atoms with Gasteiger partial charge in [0.05, 0.1) is 10.3 Å². The molecular weight excluding hydrogens is 360 g/mol. The second-order valence-electron chi connectivity index (χ2n) is 5.99. The predicted molar refractivity (Wildman–Crippen MR) is 95.0 cm³/mol. The number of nitro groups is 1. The minimum Gasteiger partial charge on any atom is -0.455 e. The Morgan fingerprint density at radius 1 is 1.15 bits per heavy atom. The van der Waals surface area contributed by atoms with Gasteiger partial charge in [0.2, 0.25) is 0 Å². The molecule has 0 aliphatic heterocycles. The van der Waals surface area contributed by atoms with E-state index in [1.807, 2.05) is 0 Å². The summed E-state index contributed by atoms with van der Waals surface area (Å²) in [6, 6.07) is 12.7. The van der Waals surface area contributed by atoms with Gasteiger partial charge in [-0.15, -0.1) is 0 Å². The summed E-state index contributed by atoms with van der Waals surface area (Å²) in [6.45, 7) is -0.514. The number of hydrogen-bond acceptors (Lipinski definition) is 5. The Kier molecular flexibility index (Phi) is 4.90. The zero-order chi connectivity index (χ0) is 18.7. The first-order valence-electron chi connectivity index (χ1n) is 7.89. The number of nitro benzene ring substituents is 1. The van der Waals surface area contributed by atoms with Crippen LogP contribution in [0.15, 0.2) is 48.5 Å². The lowest BCUT2D eigenvalue weighted by molar-refractivity contribution is -0.383. The molecule has 26 heavy (non-hydrogen) atoms. The van der Waals surface area contributed by atoms with Crippen LogP contribution >= 0.6 is 11.6 Å². The average Bonchev–Trinajstić information content (AvgIpc) is 3.42. The van der Waals surface area contributed by atoms with E-state index < -0.39 is 28.8 Å². The van der Waals surface area contributed by atoms with Gasteiger partial charge in [-0.1, -0.05) is 35.9 Å². The Labute approximate surface area is 154 Å². The number of halogens is 1. The largest absolute Gasteiger partial charge is 0.455 e. The molecular formula is C18H15ClN2O5. The quantitative estimate of drug-likeness (QED) is 0.474. The molecule has 1 fully saturated rings. The van der Waals surface area contributed by atoms with Crippen molar-refractivity contribution >= 4 is 34.9 Å². The number of hydrogen-bond donors (Lipinski definition) is 1. The molecule has 0 atom stereocenters. The lowest BCUT2D eigenvalue weighted by Gasteiger charge is -2.15. The highest BCUT2D eigenvalue weighted by atomic mass is 35.5. The minimum absolute atomic E-state index is 0.0531. The highest BCUT2D eigenvalue weighted by Crippen LogP contribution is 2.49. The zero-order valence-electron chi connectivity index (χ0n) is 13.6. The average molecular weight is 375 g/mol. The number of nitrogens with zero attached hydrogens (tertiary/aromatic N) is 1. The molecule has 0 spiro atoms. The van der Waals surface area contributed by atoms with E-state index in [2.05, 4.69) is 5.32 Å². The molecule has 1 aliphatic rings. The Hall–Kier alpha value is -2.93. The van der Waals surface area contributed by atoms with E-state index >= 15 is 0 Å². The zero-order valence-corrected chi connectivity index (χ0v) is 14.4. The Morgan fingerprint density at radius 2 is 1.81 bits per heavy atom. The summed E-state index contributed by atoms with van der Waals surface area (Å²) in [5.41, 5.74) is -0.112. The summed E-state index contributed by atoms with van der Waals surface area (Å²) < 4.78 is 5.13. The fourth-order valence-electron chi connectivity index (χ4n) is 2.70. The molecule has 0 aromatic heterocycles. The number of rotatable bonds is 6. The van der Waals surface area contributed by atoms with Crippen molar-refractivity contribution < 1.29 is 19.2 Å². The van der Waals surface area contributed by atoms with Crippen LogP contribution in [0.3, 0.4) is 0 Å².